The third-order valence-corrected chi connectivity index (χ3v) is 2.76. The Kier molecular flexibility index (Phi) is 2.53. The summed E-state index contributed by atoms with van der Waals surface area (Å²) >= 11 is 0. The first-order valence-electron chi connectivity index (χ1n) is 4.93. The number of anilines is 1. The molecular formula is C10H13N3O2. The van der Waals surface area contributed by atoms with Crippen LogP contribution in [0.3, 0.4) is 0 Å². The molecule has 0 spiro atoms. The first-order valence-corrected chi connectivity index (χ1v) is 4.93. The zero-order chi connectivity index (χ0) is 10.8. The molecular weight excluding hydrogens is 194 g/mol. The molecule has 0 radical (unpaired) electrons. The van der Waals surface area contributed by atoms with Crippen LogP contribution in [0.5, 0.6) is 0 Å². The minimum absolute atomic E-state index is 0.145. The lowest BCUT2D eigenvalue weighted by Crippen LogP contribution is -2.24. The van der Waals surface area contributed by atoms with Crippen LogP contribution in [-0.4, -0.2) is 34.1 Å². The van der Waals surface area contributed by atoms with Gasteiger partial charge < -0.3 is 10.0 Å². The number of carbonyl (C=O) groups is 1. The number of nitrogens with zero attached hydrogens (tertiary/aromatic N) is 3. The van der Waals surface area contributed by atoms with E-state index in [0.717, 1.165) is 0 Å². The fourth-order valence-electron chi connectivity index (χ4n) is 1.91. The van der Waals surface area contributed by atoms with Gasteiger partial charge in [0.1, 0.15) is 0 Å². The fraction of sp³-hybridized carbons (Fsp3) is 0.500. The van der Waals surface area contributed by atoms with Crippen LogP contribution in [0.15, 0.2) is 18.5 Å². The van der Waals surface area contributed by atoms with Gasteiger partial charge in [-0.15, -0.1) is 0 Å². The van der Waals surface area contributed by atoms with Crippen molar-refractivity contribution in [1.29, 1.82) is 0 Å². The van der Waals surface area contributed by atoms with Crippen LogP contribution in [0.4, 0.5) is 5.95 Å². The zero-order valence-electron chi connectivity index (χ0n) is 8.50. The Hall–Kier alpha value is -1.65. The molecule has 0 aliphatic carbocycles. The maximum atomic E-state index is 10.9. The molecule has 1 fully saturated rings. The molecule has 80 valence electrons. The summed E-state index contributed by atoms with van der Waals surface area (Å²) < 4.78 is 0. The molecule has 2 rings (SSSR count). The highest BCUT2D eigenvalue weighted by Gasteiger charge is 2.35. The van der Waals surface area contributed by atoms with Gasteiger partial charge in [0.15, 0.2) is 0 Å². The number of rotatable bonds is 2. The van der Waals surface area contributed by atoms with Crippen LogP contribution in [0, 0.1) is 11.8 Å². The first-order chi connectivity index (χ1) is 7.18. The van der Waals surface area contributed by atoms with Gasteiger partial charge >= 0.3 is 5.97 Å². The molecule has 1 saturated heterocycles. The van der Waals surface area contributed by atoms with Crippen LogP contribution >= 0.6 is 0 Å². The van der Waals surface area contributed by atoms with Crippen molar-refractivity contribution in [3.63, 3.8) is 0 Å². The van der Waals surface area contributed by atoms with Gasteiger partial charge in [-0.3, -0.25) is 4.79 Å². The molecule has 1 aliphatic rings. The maximum Gasteiger partial charge on any atom is 0.308 e. The second-order valence-corrected chi connectivity index (χ2v) is 3.88. The minimum atomic E-state index is -0.735. The van der Waals surface area contributed by atoms with Crippen LogP contribution in [0.2, 0.25) is 0 Å². The van der Waals surface area contributed by atoms with E-state index < -0.39 is 5.97 Å². The zero-order valence-corrected chi connectivity index (χ0v) is 8.50. The molecule has 5 nitrogen and oxygen atoms in total. The first kappa shape index (κ1) is 9.89. The van der Waals surface area contributed by atoms with Gasteiger partial charge in [0.2, 0.25) is 5.95 Å². The summed E-state index contributed by atoms with van der Waals surface area (Å²) in [5.74, 6) is -0.283. The number of aliphatic carboxylic acids is 1. The Balaban J connectivity index is 2.13. The fourth-order valence-corrected chi connectivity index (χ4v) is 1.91. The highest BCUT2D eigenvalue weighted by molar-refractivity contribution is 5.72. The van der Waals surface area contributed by atoms with E-state index in [1.807, 2.05) is 11.8 Å². The monoisotopic (exact) mass is 207 g/mol. The number of hydrogen-bond acceptors (Lipinski definition) is 4. The average Bonchev–Trinajstić information content (AvgIpc) is 2.62. The lowest BCUT2D eigenvalue weighted by molar-refractivity contribution is -0.142. The van der Waals surface area contributed by atoms with Crippen molar-refractivity contribution in [3.05, 3.63) is 18.5 Å². The molecule has 15 heavy (non-hydrogen) atoms. The predicted octanol–water partition coefficient (Wildman–Crippen LogP) is 0.633. The molecule has 0 bridgehead atoms. The molecule has 1 aromatic rings. The molecule has 0 amide bonds. The molecule has 1 aromatic heterocycles. The van der Waals surface area contributed by atoms with E-state index in [9.17, 15) is 4.79 Å². The van der Waals surface area contributed by atoms with Crippen molar-refractivity contribution in [2.45, 2.75) is 6.92 Å². The van der Waals surface area contributed by atoms with Gasteiger partial charge in [0.05, 0.1) is 5.92 Å². The van der Waals surface area contributed by atoms with Crippen molar-refractivity contribution in [2.75, 3.05) is 18.0 Å². The molecule has 1 aliphatic heterocycles. The van der Waals surface area contributed by atoms with E-state index in [-0.39, 0.29) is 11.8 Å². The van der Waals surface area contributed by atoms with Gasteiger partial charge in [0.25, 0.3) is 0 Å². The SMILES string of the molecule is C[C@@H]1CN(c2ncccn2)C[C@H]1C(=O)O. The van der Waals surface area contributed by atoms with Gasteiger partial charge in [-0.05, 0) is 12.0 Å². The van der Waals surface area contributed by atoms with Crippen molar-refractivity contribution in [3.8, 4) is 0 Å². The lowest BCUT2D eigenvalue weighted by atomic mass is 9.99. The Bertz CT molecular complexity index is 355. The molecule has 1 N–H and O–H groups in total. The summed E-state index contributed by atoms with van der Waals surface area (Å²) in [6.07, 6.45) is 3.34. The second-order valence-electron chi connectivity index (χ2n) is 3.88. The molecule has 2 heterocycles. The summed E-state index contributed by atoms with van der Waals surface area (Å²) in [6.45, 7) is 3.16. The number of carboxylic acids is 1. The van der Waals surface area contributed by atoms with E-state index in [4.69, 9.17) is 5.11 Å². The topological polar surface area (TPSA) is 66.3 Å². The van der Waals surface area contributed by atoms with E-state index in [1.54, 1.807) is 18.5 Å². The van der Waals surface area contributed by atoms with E-state index in [0.29, 0.717) is 19.0 Å². The number of carboxylic acid groups (broad SMARTS) is 1. The van der Waals surface area contributed by atoms with Gasteiger partial charge in [-0.1, -0.05) is 6.92 Å². The Labute approximate surface area is 87.8 Å². The Morgan fingerprint density at radius 3 is 2.67 bits per heavy atom. The van der Waals surface area contributed by atoms with Crippen molar-refractivity contribution in [2.24, 2.45) is 11.8 Å². The molecule has 0 unspecified atom stereocenters. The van der Waals surface area contributed by atoms with Gasteiger partial charge in [0, 0.05) is 25.5 Å². The third-order valence-electron chi connectivity index (χ3n) is 2.76. The van der Waals surface area contributed by atoms with Crippen molar-refractivity contribution in [1.82, 2.24) is 9.97 Å². The van der Waals surface area contributed by atoms with Gasteiger partial charge in [-0.25, -0.2) is 9.97 Å². The largest absolute Gasteiger partial charge is 0.481 e. The van der Waals surface area contributed by atoms with Crippen LogP contribution in [0.25, 0.3) is 0 Å². The lowest BCUT2D eigenvalue weighted by Gasteiger charge is -2.14. The number of aromatic nitrogens is 2. The molecule has 0 saturated carbocycles. The minimum Gasteiger partial charge on any atom is -0.481 e. The highest BCUT2D eigenvalue weighted by Crippen LogP contribution is 2.25. The van der Waals surface area contributed by atoms with Gasteiger partial charge in [-0.2, -0.15) is 0 Å². The van der Waals surface area contributed by atoms with Crippen molar-refractivity contribution < 1.29 is 9.90 Å². The summed E-state index contributed by atoms with van der Waals surface area (Å²) in [5.41, 5.74) is 0. The van der Waals surface area contributed by atoms with Crippen molar-refractivity contribution >= 4 is 11.9 Å². The quantitative estimate of drug-likeness (QED) is 0.770. The summed E-state index contributed by atoms with van der Waals surface area (Å²) in [4.78, 5) is 21.1. The summed E-state index contributed by atoms with van der Waals surface area (Å²) in [5, 5.41) is 8.98. The molecule has 5 heteroatoms. The third kappa shape index (κ3) is 1.91. The average molecular weight is 207 g/mol. The molecule has 2 atom stereocenters. The van der Waals surface area contributed by atoms with Crippen LogP contribution in [-0.2, 0) is 4.79 Å². The Morgan fingerprint density at radius 1 is 1.47 bits per heavy atom. The number of hydrogen-bond donors (Lipinski definition) is 1. The van der Waals surface area contributed by atoms with E-state index in [2.05, 4.69) is 9.97 Å². The predicted molar refractivity (Wildman–Crippen MR) is 54.5 cm³/mol. The summed E-state index contributed by atoms with van der Waals surface area (Å²) in [7, 11) is 0. The smallest absolute Gasteiger partial charge is 0.308 e. The van der Waals surface area contributed by atoms with Crippen LogP contribution < -0.4 is 4.90 Å². The van der Waals surface area contributed by atoms with E-state index in [1.165, 1.54) is 0 Å². The van der Waals surface area contributed by atoms with E-state index >= 15 is 0 Å². The Morgan fingerprint density at radius 2 is 2.13 bits per heavy atom. The summed E-state index contributed by atoms with van der Waals surface area (Å²) in [6, 6.07) is 1.75. The second kappa shape index (κ2) is 3.84. The van der Waals surface area contributed by atoms with Crippen LogP contribution in [0.1, 0.15) is 6.92 Å². The molecule has 0 aromatic carbocycles. The normalized spacial score (nSPS) is 25.5. The maximum absolute atomic E-state index is 10.9. The standard InChI is InChI=1S/C10H13N3O2/c1-7-5-13(6-8(7)9(14)15)10-11-3-2-4-12-10/h2-4,7-8H,5-6H2,1H3,(H,14,15)/t7-,8-/m1/s1. The highest BCUT2D eigenvalue weighted by atomic mass is 16.4.